The molecule has 7 heteroatoms. The average Bonchev–Trinajstić information content (AvgIpc) is 2.79. The molecule has 4 rings (SSSR count). The van der Waals surface area contributed by atoms with E-state index >= 15 is 0 Å². The van der Waals surface area contributed by atoms with Crippen molar-refractivity contribution in [3.05, 3.63) is 52.8 Å². The van der Waals surface area contributed by atoms with Gasteiger partial charge in [0, 0.05) is 17.1 Å². The molecule has 0 bridgehead atoms. The smallest absolute Gasteiger partial charge is 0.229 e. The van der Waals surface area contributed by atoms with Crippen LogP contribution in [0.15, 0.2) is 47.4 Å². The fourth-order valence-electron chi connectivity index (χ4n) is 3.84. The highest BCUT2D eigenvalue weighted by Crippen LogP contribution is 2.24. The number of anilines is 2. The molecule has 1 aliphatic carbocycles. The van der Waals surface area contributed by atoms with E-state index in [2.05, 4.69) is 15.0 Å². The van der Waals surface area contributed by atoms with Crippen molar-refractivity contribution in [1.82, 2.24) is 4.98 Å². The molecule has 3 aromatic rings. The number of aromatic nitrogens is 1. The topological polar surface area (TPSA) is 88.2 Å². The summed E-state index contributed by atoms with van der Waals surface area (Å²) in [7, 11) is -3.42. The molecule has 2 N–H and O–H groups in total. The molecule has 0 radical (unpaired) electrons. The van der Waals surface area contributed by atoms with Crippen molar-refractivity contribution in [3.8, 4) is 0 Å². The third-order valence-electron chi connectivity index (χ3n) is 5.16. The number of hydrogen-bond acceptors (Lipinski definition) is 5. The van der Waals surface area contributed by atoms with E-state index in [9.17, 15) is 13.2 Å². The first-order chi connectivity index (χ1) is 13.4. The molecule has 28 heavy (non-hydrogen) atoms. The molecule has 6 nitrogen and oxygen atoms in total. The van der Waals surface area contributed by atoms with Crippen molar-refractivity contribution >= 4 is 43.1 Å². The molecule has 1 saturated carbocycles. The van der Waals surface area contributed by atoms with Gasteiger partial charge in [0.15, 0.2) is 5.43 Å². The van der Waals surface area contributed by atoms with Crippen LogP contribution in [-0.4, -0.2) is 25.7 Å². The highest BCUT2D eigenvalue weighted by atomic mass is 32.2. The van der Waals surface area contributed by atoms with Crippen molar-refractivity contribution in [1.29, 1.82) is 0 Å². The first-order valence-corrected chi connectivity index (χ1v) is 11.4. The van der Waals surface area contributed by atoms with E-state index in [1.54, 1.807) is 24.4 Å². The van der Waals surface area contributed by atoms with Gasteiger partial charge < -0.3 is 5.32 Å². The second-order valence-electron chi connectivity index (χ2n) is 7.47. The Hall–Kier alpha value is -2.67. The maximum atomic E-state index is 13.2. The number of benzene rings is 1. The van der Waals surface area contributed by atoms with Crippen LogP contribution in [-0.2, 0) is 10.0 Å². The summed E-state index contributed by atoms with van der Waals surface area (Å²) >= 11 is 0. The third kappa shape index (κ3) is 4.09. The highest BCUT2D eigenvalue weighted by molar-refractivity contribution is 7.92. The normalized spacial score (nSPS) is 15.6. The molecular formula is C21H23N3O3S. The average molecular weight is 398 g/mol. The van der Waals surface area contributed by atoms with E-state index < -0.39 is 10.0 Å². The zero-order valence-electron chi connectivity index (χ0n) is 15.7. The Morgan fingerprint density at radius 2 is 1.68 bits per heavy atom. The maximum Gasteiger partial charge on any atom is 0.229 e. The fourth-order valence-corrected chi connectivity index (χ4v) is 4.40. The van der Waals surface area contributed by atoms with Gasteiger partial charge in [0.05, 0.1) is 29.0 Å². The van der Waals surface area contributed by atoms with Gasteiger partial charge in [-0.1, -0.05) is 31.4 Å². The van der Waals surface area contributed by atoms with Crippen molar-refractivity contribution in [2.75, 3.05) is 16.3 Å². The Morgan fingerprint density at radius 3 is 2.43 bits per heavy atom. The molecule has 1 heterocycles. The van der Waals surface area contributed by atoms with Crippen LogP contribution >= 0.6 is 0 Å². The van der Waals surface area contributed by atoms with Crippen molar-refractivity contribution in [2.45, 2.75) is 38.1 Å². The van der Waals surface area contributed by atoms with Gasteiger partial charge in [0.2, 0.25) is 10.0 Å². The second kappa shape index (κ2) is 7.39. The Morgan fingerprint density at radius 1 is 0.964 bits per heavy atom. The highest BCUT2D eigenvalue weighted by Gasteiger charge is 2.14. The van der Waals surface area contributed by atoms with Crippen molar-refractivity contribution in [2.24, 2.45) is 0 Å². The summed E-state index contributed by atoms with van der Waals surface area (Å²) in [5, 5.41) is 5.23. The van der Waals surface area contributed by atoms with Crippen molar-refractivity contribution < 1.29 is 8.42 Å². The Labute approximate surface area is 164 Å². The SMILES string of the molecule is CS(=O)(=O)Nc1ccc2ccc3ncc(NC4CCCCC4)cc3c(=O)c2c1. The lowest BCUT2D eigenvalue weighted by atomic mass is 9.95. The van der Waals surface area contributed by atoms with Gasteiger partial charge in [-0.15, -0.1) is 0 Å². The van der Waals surface area contributed by atoms with E-state index in [0.29, 0.717) is 28.0 Å². The lowest BCUT2D eigenvalue weighted by Gasteiger charge is -2.23. The van der Waals surface area contributed by atoms with Crippen LogP contribution in [0.5, 0.6) is 0 Å². The van der Waals surface area contributed by atoms with Crippen LogP contribution in [0, 0.1) is 0 Å². The van der Waals surface area contributed by atoms with Crippen LogP contribution in [0.25, 0.3) is 21.7 Å². The minimum atomic E-state index is -3.42. The van der Waals surface area contributed by atoms with E-state index in [1.807, 2.05) is 18.2 Å². The van der Waals surface area contributed by atoms with E-state index in [-0.39, 0.29) is 5.43 Å². The summed E-state index contributed by atoms with van der Waals surface area (Å²) < 4.78 is 25.5. The third-order valence-corrected chi connectivity index (χ3v) is 5.77. The molecule has 1 fully saturated rings. The van der Waals surface area contributed by atoms with Gasteiger partial charge in [0.25, 0.3) is 0 Å². The molecule has 0 unspecified atom stereocenters. The first-order valence-electron chi connectivity index (χ1n) is 9.50. The standard InChI is InChI=1S/C21H23N3O3S/c1-28(26,27)24-16-9-7-14-8-10-20-19(21(25)18(14)11-16)12-17(13-22-20)23-15-5-3-2-4-6-15/h7-13,15,23-24H,2-6H2,1H3. The number of nitrogens with one attached hydrogen (secondary N) is 2. The van der Waals surface area contributed by atoms with Gasteiger partial charge in [-0.05, 0) is 42.5 Å². The molecule has 0 saturated heterocycles. The Kier molecular flexibility index (Phi) is 4.93. The molecule has 0 spiro atoms. The van der Waals surface area contributed by atoms with Crippen molar-refractivity contribution in [3.63, 3.8) is 0 Å². The lowest BCUT2D eigenvalue weighted by molar-refractivity contribution is 0.462. The van der Waals surface area contributed by atoms with Gasteiger partial charge in [0.1, 0.15) is 0 Å². The number of fused-ring (bicyclic) bond motifs is 2. The van der Waals surface area contributed by atoms with Crippen LogP contribution < -0.4 is 15.5 Å². The van der Waals surface area contributed by atoms with Gasteiger partial charge in [-0.2, -0.15) is 0 Å². The molecule has 0 atom stereocenters. The Bertz CT molecular complexity index is 1200. The van der Waals surface area contributed by atoms with Crippen LogP contribution in [0.3, 0.4) is 0 Å². The minimum Gasteiger partial charge on any atom is -0.381 e. The molecule has 0 amide bonds. The molecule has 1 aromatic heterocycles. The number of pyridine rings is 1. The zero-order chi connectivity index (χ0) is 19.7. The van der Waals surface area contributed by atoms with Gasteiger partial charge in [-0.3, -0.25) is 14.5 Å². The van der Waals surface area contributed by atoms with Gasteiger partial charge in [-0.25, -0.2) is 8.42 Å². The second-order valence-corrected chi connectivity index (χ2v) is 9.22. The van der Waals surface area contributed by atoms with Crippen LogP contribution in [0.4, 0.5) is 11.4 Å². The molecular weight excluding hydrogens is 374 g/mol. The molecule has 2 aromatic carbocycles. The van der Waals surface area contributed by atoms with Gasteiger partial charge >= 0.3 is 0 Å². The monoisotopic (exact) mass is 397 g/mol. The minimum absolute atomic E-state index is 0.160. The largest absolute Gasteiger partial charge is 0.381 e. The Balaban J connectivity index is 1.81. The van der Waals surface area contributed by atoms with Crippen LogP contribution in [0.2, 0.25) is 0 Å². The zero-order valence-corrected chi connectivity index (χ0v) is 16.6. The number of nitrogens with zero attached hydrogens (tertiary/aromatic N) is 1. The summed E-state index contributed by atoms with van der Waals surface area (Å²) in [4.78, 5) is 17.7. The predicted octanol–water partition coefficient (Wildman–Crippen LogP) is 3.86. The van der Waals surface area contributed by atoms with E-state index in [1.165, 1.54) is 19.3 Å². The number of hydrogen-bond donors (Lipinski definition) is 2. The number of rotatable bonds is 4. The van der Waals surface area contributed by atoms with E-state index in [4.69, 9.17) is 0 Å². The summed E-state index contributed by atoms with van der Waals surface area (Å²) in [5.74, 6) is 0. The summed E-state index contributed by atoms with van der Waals surface area (Å²) in [6.45, 7) is 0. The quantitative estimate of drug-likeness (QED) is 0.698. The fraction of sp³-hybridized carbons (Fsp3) is 0.333. The summed E-state index contributed by atoms with van der Waals surface area (Å²) in [5.41, 5.74) is 1.68. The number of sulfonamides is 1. The van der Waals surface area contributed by atoms with E-state index in [0.717, 1.165) is 30.2 Å². The maximum absolute atomic E-state index is 13.2. The van der Waals surface area contributed by atoms with Crippen LogP contribution in [0.1, 0.15) is 32.1 Å². The predicted molar refractivity (Wildman–Crippen MR) is 114 cm³/mol. The first kappa shape index (κ1) is 18.7. The molecule has 146 valence electrons. The lowest BCUT2D eigenvalue weighted by Crippen LogP contribution is -2.22. The molecule has 0 aliphatic heterocycles. The summed E-state index contributed by atoms with van der Waals surface area (Å²) in [6.07, 6.45) is 8.86. The summed E-state index contributed by atoms with van der Waals surface area (Å²) in [6, 6.07) is 10.9. The molecule has 1 aliphatic rings.